The molecule has 220 valence electrons. The van der Waals surface area contributed by atoms with E-state index in [1.165, 1.54) is 26.2 Å². The number of ketones is 1. The Bertz CT molecular complexity index is 1640. The van der Waals surface area contributed by atoms with Gasteiger partial charge in [0.1, 0.15) is 12.4 Å². The highest BCUT2D eigenvalue weighted by atomic mass is 16.5. The summed E-state index contributed by atoms with van der Waals surface area (Å²) >= 11 is 0. The second-order valence-electron chi connectivity index (χ2n) is 10.0. The summed E-state index contributed by atoms with van der Waals surface area (Å²) in [6.45, 7) is 2.23. The number of pyridine rings is 1. The maximum absolute atomic E-state index is 14.2. The number of methoxy groups -OCH3 is 3. The fraction of sp³-hybridized carbons (Fsp3) is 0.206. The zero-order valence-corrected chi connectivity index (χ0v) is 24.4. The SMILES string of the molecule is COc1cc(C2C(=C([O-])c3ccc(OCc4ccccc4)cc3C)C(=O)C(=O)N2Cc2ccc[nH+]c2)cc(OC)c1OC. The number of ether oxygens (including phenoxy) is 4. The number of likely N-dealkylation sites (tertiary alicyclic amines) is 1. The van der Waals surface area contributed by atoms with E-state index in [0.29, 0.717) is 46.3 Å². The van der Waals surface area contributed by atoms with E-state index in [4.69, 9.17) is 18.9 Å². The second kappa shape index (κ2) is 12.7. The average Bonchev–Trinajstić information content (AvgIpc) is 3.28. The van der Waals surface area contributed by atoms with Crippen LogP contribution in [0, 0.1) is 6.92 Å². The number of amides is 1. The minimum Gasteiger partial charge on any atom is -0.872 e. The van der Waals surface area contributed by atoms with Crippen molar-refractivity contribution in [2.24, 2.45) is 0 Å². The number of Topliss-reactive ketones (excluding diaryl/α,β-unsaturated/α-hetero) is 1. The number of carbonyl (C=O) groups is 2. The van der Waals surface area contributed by atoms with Gasteiger partial charge in [0.15, 0.2) is 23.9 Å². The second-order valence-corrected chi connectivity index (χ2v) is 10.0. The first-order valence-electron chi connectivity index (χ1n) is 13.6. The number of rotatable bonds is 10. The van der Waals surface area contributed by atoms with Crippen LogP contribution in [0.1, 0.15) is 33.9 Å². The van der Waals surface area contributed by atoms with E-state index in [0.717, 1.165) is 11.1 Å². The van der Waals surface area contributed by atoms with Crippen LogP contribution in [-0.2, 0) is 22.7 Å². The Morgan fingerprint density at radius 2 is 1.58 bits per heavy atom. The Labute approximate surface area is 249 Å². The normalized spacial score (nSPS) is 15.8. The summed E-state index contributed by atoms with van der Waals surface area (Å²) in [5.41, 5.74) is 3.00. The third-order valence-corrected chi connectivity index (χ3v) is 7.35. The molecule has 0 aliphatic carbocycles. The zero-order chi connectivity index (χ0) is 30.5. The minimum absolute atomic E-state index is 0.0886. The summed E-state index contributed by atoms with van der Waals surface area (Å²) in [5.74, 6) is -0.562. The maximum atomic E-state index is 14.2. The quantitative estimate of drug-likeness (QED) is 0.159. The average molecular weight is 581 g/mol. The fourth-order valence-corrected chi connectivity index (χ4v) is 5.23. The minimum atomic E-state index is -1.00. The molecular weight excluding hydrogens is 548 g/mol. The molecule has 1 aliphatic rings. The summed E-state index contributed by atoms with van der Waals surface area (Å²) in [5, 5.41) is 14.2. The summed E-state index contributed by atoms with van der Waals surface area (Å²) in [6, 6.07) is 20.8. The van der Waals surface area contributed by atoms with E-state index in [-0.39, 0.29) is 12.1 Å². The number of carbonyl (C=O) groups excluding carboxylic acids is 2. The third-order valence-electron chi connectivity index (χ3n) is 7.35. The molecule has 0 spiro atoms. The van der Waals surface area contributed by atoms with E-state index in [1.807, 2.05) is 36.4 Å². The molecule has 0 saturated carbocycles. The van der Waals surface area contributed by atoms with Crippen LogP contribution in [0.3, 0.4) is 0 Å². The molecule has 1 saturated heterocycles. The van der Waals surface area contributed by atoms with E-state index in [1.54, 1.807) is 55.7 Å². The van der Waals surface area contributed by atoms with Crippen LogP contribution in [0.2, 0.25) is 0 Å². The highest BCUT2D eigenvalue weighted by molar-refractivity contribution is 6.46. The number of H-pyrrole nitrogens is 1. The van der Waals surface area contributed by atoms with E-state index in [9.17, 15) is 14.7 Å². The molecule has 1 aromatic heterocycles. The summed E-state index contributed by atoms with van der Waals surface area (Å²) in [4.78, 5) is 31.5. The van der Waals surface area contributed by atoms with E-state index in [2.05, 4.69) is 4.98 Å². The predicted molar refractivity (Wildman–Crippen MR) is 156 cm³/mol. The lowest BCUT2D eigenvalue weighted by Gasteiger charge is -2.28. The molecular formula is C34H32N2O7. The number of nitrogens with one attached hydrogen (secondary N) is 1. The van der Waals surface area contributed by atoms with Crippen LogP contribution >= 0.6 is 0 Å². The number of hydrogen-bond acceptors (Lipinski definition) is 7. The lowest BCUT2D eigenvalue weighted by Crippen LogP contribution is -2.29. The molecule has 1 N–H and O–H groups in total. The van der Waals surface area contributed by atoms with E-state index >= 15 is 0 Å². The van der Waals surface area contributed by atoms with Crippen molar-refractivity contribution in [1.82, 2.24) is 4.90 Å². The lowest BCUT2D eigenvalue weighted by molar-refractivity contribution is -0.378. The van der Waals surface area contributed by atoms with Crippen molar-refractivity contribution in [1.29, 1.82) is 0 Å². The van der Waals surface area contributed by atoms with E-state index < -0.39 is 23.5 Å². The smallest absolute Gasteiger partial charge is 0.295 e. The van der Waals surface area contributed by atoms with Gasteiger partial charge in [0.05, 0.1) is 33.9 Å². The number of hydrogen-bond donors (Lipinski definition) is 0. The Hall–Kier alpha value is -5.31. The lowest BCUT2D eigenvalue weighted by atomic mass is 9.93. The monoisotopic (exact) mass is 580 g/mol. The highest BCUT2D eigenvalue weighted by Gasteiger charge is 2.45. The Balaban J connectivity index is 1.60. The summed E-state index contributed by atoms with van der Waals surface area (Å²) < 4.78 is 22.5. The van der Waals surface area contributed by atoms with Crippen LogP contribution in [0.5, 0.6) is 23.0 Å². The van der Waals surface area contributed by atoms with Gasteiger partial charge in [-0.2, -0.15) is 0 Å². The van der Waals surface area contributed by atoms with Crippen molar-refractivity contribution >= 4 is 17.4 Å². The summed E-state index contributed by atoms with van der Waals surface area (Å²) in [6.07, 6.45) is 3.48. The van der Waals surface area contributed by atoms with Crippen molar-refractivity contribution < 1.29 is 38.6 Å². The van der Waals surface area contributed by atoms with Crippen LogP contribution in [-0.4, -0.2) is 37.9 Å². The van der Waals surface area contributed by atoms with Crippen LogP contribution in [0.15, 0.2) is 90.8 Å². The first-order chi connectivity index (χ1) is 20.9. The number of nitrogens with zero attached hydrogens (tertiary/aromatic N) is 1. The van der Waals surface area contributed by atoms with Crippen molar-refractivity contribution in [2.45, 2.75) is 26.1 Å². The van der Waals surface area contributed by atoms with Gasteiger partial charge in [-0.25, -0.2) is 4.98 Å². The Morgan fingerprint density at radius 1 is 0.884 bits per heavy atom. The molecule has 1 fully saturated rings. The molecule has 2 heterocycles. The molecule has 9 heteroatoms. The van der Waals surface area contributed by atoms with Gasteiger partial charge in [-0.1, -0.05) is 42.2 Å². The van der Waals surface area contributed by atoms with Crippen molar-refractivity contribution in [3.05, 3.63) is 119 Å². The molecule has 1 aliphatic heterocycles. The van der Waals surface area contributed by atoms with Gasteiger partial charge in [0, 0.05) is 17.2 Å². The number of aromatic amines is 1. The molecule has 43 heavy (non-hydrogen) atoms. The molecule has 1 unspecified atom stereocenters. The third kappa shape index (κ3) is 5.88. The first-order valence-corrected chi connectivity index (χ1v) is 13.6. The molecule has 3 aromatic carbocycles. The molecule has 1 amide bonds. The van der Waals surface area contributed by atoms with Gasteiger partial charge in [0.2, 0.25) is 11.5 Å². The van der Waals surface area contributed by atoms with Gasteiger partial charge < -0.3 is 29.0 Å². The zero-order valence-electron chi connectivity index (χ0n) is 24.4. The maximum Gasteiger partial charge on any atom is 0.295 e. The molecule has 0 bridgehead atoms. The molecule has 0 radical (unpaired) electrons. The predicted octanol–water partition coefficient (Wildman–Crippen LogP) is 3.84. The molecule has 5 rings (SSSR count). The van der Waals surface area contributed by atoms with Crippen molar-refractivity contribution in [2.75, 3.05) is 21.3 Å². The van der Waals surface area contributed by atoms with Crippen molar-refractivity contribution in [3.8, 4) is 23.0 Å². The molecule has 4 aromatic rings. The van der Waals surface area contributed by atoms with Gasteiger partial charge in [-0.3, -0.25) is 9.59 Å². The number of aryl methyl sites for hydroxylation is 1. The summed E-state index contributed by atoms with van der Waals surface area (Å²) in [7, 11) is 4.44. The first kappa shape index (κ1) is 29.2. The van der Waals surface area contributed by atoms with Gasteiger partial charge >= 0.3 is 0 Å². The topological polar surface area (TPSA) is 112 Å². The largest absolute Gasteiger partial charge is 0.872 e. The fourth-order valence-electron chi connectivity index (χ4n) is 5.23. The number of aromatic nitrogens is 1. The Kier molecular flexibility index (Phi) is 8.61. The standard InChI is InChI=1S/C34H32N2O7/c1-21-15-25(43-20-22-9-6-5-7-10-22)12-13-26(21)31(37)29-30(24-16-27(40-2)33(42-4)28(17-24)41-3)36(34(39)32(29)38)19-23-11-8-14-35-18-23/h5-18,30,37H,19-20H2,1-4H3. The van der Waals surface area contributed by atoms with Gasteiger partial charge in [-0.15, -0.1) is 0 Å². The molecule has 9 nitrogen and oxygen atoms in total. The number of benzene rings is 3. The van der Waals surface area contributed by atoms with Gasteiger partial charge in [0.25, 0.3) is 5.91 Å². The van der Waals surface area contributed by atoms with Crippen LogP contribution < -0.4 is 29.0 Å². The van der Waals surface area contributed by atoms with Gasteiger partial charge in [-0.05, 0) is 59.5 Å². The van der Waals surface area contributed by atoms with Crippen LogP contribution in [0.25, 0.3) is 5.76 Å². The molecule has 1 atom stereocenters. The highest BCUT2D eigenvalue weighted by Crippen LogP contribution is 2.46. The Morgan fingerprint density at radius 3 is 2.19 bits per heavy atom. The van der Waals surface area contributed by atoms with Crippen molar-refractivity contribution in [3.63, 3.8) is 0 Å². The van der Waals surface area contributed by atoms with Crippen LogP contribution in [0.4, 0.5) is 0 Å².